The van der Waals surface area contributed by atoms with Gasteiger partial charge < -0.3 is 14.8 Å². The first-order valence-electron chi connectivity index (χ1n) is 8.12. The molecule has 0 saturated carbocycles. The van der Waals surface area contributed by atoms with Crippen molar-refractivity contribution in [2.24, 2.45) is 0 Å². The summed E-state index contributed by atoms with van der Waals surface area (Å²) in [6, 6.07) is 9.94. The van der Waals surface area contributed by atoms with Gasteiger partial charge in [0.15, 0.2) is 5.69 Å². The van der Waals surface area contributed by atoms with E-state index in [9.17, 15) is 14.9 Å². The maximum absolute atomic E-state index is 12.4. The molecule has 0 saturated heterocycles. The van der Waals surface area contributed by atoms with E-state index >= 15 is 0 Å². The van der Waals surface area contributed by atoms with Crippen molar-refractivity contribution in [3.8, 4) is 11.5 Å². The van der Waals surface area contributed by atoms with Crippen molar-refractivity contribution < 1.29 is 19.2 Å². The molecule has 0 unspecified atom stereocenters. The third-order valence-electron chi connectivity index (χ3n) is 3.62. The van der Waals surface area contributed by atoms with Crippen LogP contribution in [0.2, 0.25) is 10.0 Å². The number of non-ortho nitro benzene ring substituents is 1. The Bertz CT molecular complexity index is 1070. The highest BCUT2D eigenvalue weighted by Gasteiger charge is 2.16. The number of aromatic nitrogens is 2. The van der Waals surface area contributed by atoms with Crippen molar-refractivity contribution in [3.63, 3.8) is 0 Å². The molecular weight excluding hydrogens is 423 g/mol. The lowest BCUT2D eigenvalue weighted by molar-refractivity contribution is -0.384. The normalized spacial score (nSPS) is 10.6. The fourth-order valence-electron chi connectivity index (χ4n) is 2.39. The van der Waals surface area contributed by atoms with Crippen LogP contribution in [-0.2, 0) is 11.5 Å². The molecule has 1 amide bonds. The van der Waals surface area contributed by atoms with E-state index in [1.165, 1.54) is 48.2 Å². The summed E-state index contributed by atoms with van der Waals surface area (Å²) < 4.78 is 12.0. The van der Waals surface area contributed by atoms with Crippen LogP contribution < -0.4 is 10.1 Å². The highest BCUT2D eigenvalue weighted by molar-refractivity contribution is 6.35. The number of hydrogen-bond acceptors (Lipinski definition) is 6. The monoisotopic (exact) mass is 436 g/mol. The zero-order valence-corrected chi connectivity index (χ0v) is 16.5. The number of methoxy groups -OCH3 is 1. The molecular formula is C18H14Cl2N4O5. The standard InChI is InChI=1S/C18H14Cl2N4O5/c1-28-10-23-5-4-16(22-23)18(25)21-12-7-13(24(26)27)9-14(8-12)29-17-3-2-11(19)6-15(17)20/h2-9H,10H2,1H3,(H,21,25). The van der Waals surface area contributed by atoms with Crippen LogP contribution in [0.25, 0.3) is 0 Å². The lowest BCUT2D eigenvalue weighted by Crippen LogP contribution is -2.14. The first-order chi connectivity index (χ1) is 13.9. The third-order valence-corrected chi connectivity index (χ3v) is 4.15. The molecule has 0 fully saturated rings. The van der Waals surface area contributed by atoms with Gasteiger partial charge in [-0.1, -0.05) is 23.2 Å². The molecule has 1 heterocycles. The molecule has 0 spiro atoms. The van der Waals surface area contributed by atoms with Gasteiger partial charge in [0.2, 0.25) is 0 Å². The second-order valence-corrected chi connectivity index (χ2v) is 6.61. The third kappa shape index (κ3) is 5.23. The van der Waals surface area contributed by atoms with E-state index < -0.39 is 10.8 Å². The molecule has 150 valence electrons. The summed E-state index contributed by atoms with van der Waals surface area (Å²) >= 11 is 11.9. The van der Waals surface area contributed by atoms with Crippen LogP contribution in [0.1, 0.15) is 10.5 Å². The predicted octanol–water partition coefficient (Wildman–Crippen LogP) is 4.75. The number of ether oxygens (including phenoxy) is 2. The minimum absolute atomic E-state index is 0.114. The van der Waals surface area contributed by atoms with Crippen LogP contribution in [0.3, 0.4) is 0 Å². The van der Waals surface area contributed by atoms with Crippen LogP contribution in [-0.4, -0.2) is 27.7 Å². The number of nitro benzene ring substituents is 1. The van der Waals surface area contributed by atoms with Gasteiger partial charge in [0.25, 0.3) is 11.6 Å². The van der Waals surface area contributed by atoms with Crippen molar-refractivity contribution in [3.05, 3.63) is 74.5 Å². The van der Waals surface area contributed by atoms with Gasteiger partial charge in [0.1, 0.15) is 18.2 Å². The second-order valence-electron chi connectivity index (χ2n) is 5.76. The highest BCUT2D eigenvalue weighted by atomic mass is 35.5. The highest BCUT2D eigenvalue weighted by Crippen LogP contribution is 2.34. The Labute approximate surface area is 174 Å². The van der Waals surface area contributed by atoms with E-state index in [4.69, 9.17) is 32.7 Å². The summed E-state index contributed by atoms with van der Waals surface area (Å²) in [6.07, 6.45) is 1.57. The predicted molar refractivity (Wildman–Crippen MR) is 107 cm³/mol. The minimum Gasteiger partial charge on any atom is -0.455 e. The Morgan fingerprint density at radius 1 is 1.24 bits per heavy atom. The summed E-state index contributed by atoms with van der Waals surface area (Å²) in [7, 11) is 1.50. The Hall–Kier alpha value is -3.14. The van der Waals surface area contributed by atoms with Gasteiger partial charge >= 0.3 is 0 Å². The molecule has 29 heavy (non-hydrogen) atoms. The van der Waals surface area contributed by atoms with Crippen LogP contribution in [0.15, 0.2) is 48.7 Å². The van der Waals surface area contributed by atoms with E-state index in [0.29, 0.717) is 5.02 Å². The maximum Gasteiger partial charge on any atom is 0.276 e. The van der Waals surface area contributed by atoms with Crippen LogP contribution in [0.4, 0.5) is 11.4 Å². The van der Waals surface area contributed by atoms with Gasteiger partial charge in [0.05, 0.1) is 21.7 Å². The number of nitro groups is 1. The number of nitrogens with zero attached hydrogens (tertiary/aromatic N) is 3. The van der Waals surface area contributed by atoms with E-state index in [1.54, 1.807) is 12.3 Å². The molecule has 0 bridgehead atoms. The molecule has 1 N–H and O–H groups in total. The molecule has 11 heteroatoms. The van der Waals surface area contributed by atoms with E-state index in [2.05, 4.69) is 10.4 Å². The Morgan fingerprint density at radius 2 is 2.03 bits per heavy atom. The number of anilines is 1. The first-order valence-corrected chi connectivity index (χ1v) is 8.87. The summed E-state index contributed by atoms with van der Waals surface area (Å²) in [4.78, 5) is 23.1. The summed E-state index contributed by atoms with van der Waals surface area (Å²) in [5.41, 5.74) is 0.00939. The number of benzene rings is 2. The average Bonchev–Trinajstić information content (AvgIpc) is 3.13. The molecule has 3 aromatic rings. The van der Waals surface area contributed by atoms with E-state index in [1.807, 2.05) is 0 Å². The largest absolute Gasteiger partial charge is 0.455 e. The fraction of sp³-hybridized carbons (Fsp3) is 0.111. The molecule has 0 aliphatic carbocycles. The molecule has 2 aromatic carbocycles. The summed E-state index contributed by atoms with van der Waals surface area (Å²) in [6.45, 7) is 0.184. The number of halogens is 2. The van der Waals surface area contributed by atoms with Gasteiger partial charge in [-0.25, -0.2) is 4.68 Å². The number of carbonyl (C=O) groups is 1. The van der Waals surface area contributed by atoms with Crippen molar-refractivity contribution in [2.45, 2.75) is 6.73 Å². The van der Waals surface area contributed by atoms with Gasteiger partial charge in [-0.3, -0.25) is 14.9 Å². The molecule has 1 aromatic heterocycles. The van der Waals surface area contributed by atoms with Crippen molar-refractivity contribution in [1.82, 2.24) is 9.78 Å². The van der Waals surface area contributed by atoms with Gasteiger partial charge in [-0.2, -0.15) is 5.10 Å². The van der Waals surface area contributed by atoms with Gasteiger partial charge in [-0.05, 0) is 24.3 Å². The van der Waals surface area contributed by atoms with Crippen LogP contribution in [0.5, 0.6) is 11.5 Å². The zero-order chi connectivity index (χ0) is 21.0. The number of nitrogens with one attached hydrogen (secondary N) is 1. The Kier molecular flexibility index (Phi) is 6.32. The summed E-state index contributed by atoms with van der Waals surface area (Å²) in [5.74, 6) is -0.174. The topological polar surface area (TPSA) is 109 Å². The lowest BCUT2D eigenvalue weighted by atomic mass is 10.2. The van der Waals surface area contributed by atoms with E-state index in [0.717, 1.165) is 0 Å². The molecule has 0 aliphatic rings. The molecule has 0 atom stereocenters. The smallest absolute Gasteiger partial charge is 0.276 e. The second kappa shape index (κ2) is 8.91. The zero-order valence-electron chi connectivity index (χ0n) is 15.0. The van der Waals surface area contributed by atoms with E-state index in [-0.39, 0.29) is 40.3 Å². The van der Waals surface area contributed by atoms with Crippen LogP contribution in [0, 0.1) is 10.1 Å². The first kappa shape index (κ1) is 20.6. The number of amides is 1. The fourth-order valence-corrected chi connectivity index (χ4v) is 2.83. The Morgan fingerprint density at radius 3 is 2.72 bits per heavy atom. The molecule has 0 aliphatic heterocycles. The number of rotatable bonds is 7. The van der Waals surface area contributed by atoms with Gasteiger partial charge in [-0.15, -0.1) is 0 Å². The summed E-state index contributed by atoms with van der Waals surface area (Å²) in [5, 5.41) is 18.5. The van der Waals surface area contributed by atoms with Gasteiger partial charge in [0, 0.05) is 30.5 Å². The SMILES string of the molecule is COCn1ccc(C(=O)Nc2cc(Oc3ccc(Cl)cc3Cl)cc([N+](=O)[O-])c2)n1. The minimum atomic E-state index is -0.598. The van der Waals surface area contributed by atoms with Crippen molar-refractivity contribution in [1.29, 1.82) is 0 Å². The van der Waals surface area contributed by atoms with Crippen molar-refractivity contribution >= 4 is 40.5 Å². The molecule has 9 nitrogen and oxygen atoms in total. The van der Waals surface area contributed by atoms with Crippen molar-refractivity contribution in [2.75, 3.05) is 12.4 Å². The maximum atomic E-state index is 12.4. The number of hydrogen-bond donors (Lipinski definition) is 1. The molecule has 0 radical (unpaired) electrons. The Balaban J connectivity index is 1.86. The quantitative estimate of drug-likeness (QED) is 0.422. The molecule has 3 rings (SSSR count). The number of carbonyl (C=O) groups excluding carboxylic acids is 1. The van der Waals surface area contributed by atoms with Crippen LogP contribution >= 0.6 is 23.2 Å². The average molecular weight is 437 g/mol. The lowest BCUT2D eigenvalue weighted by Gasteiger charge is -2.10.